The zero-order chi connectivity index (χ0) is 18.7. The first-order valence-electron chi connectivity index (χ1n) is 7.04. The fourth-order valence-electron chi connectivity index (χ4n) is 2.06. The minimum Gasteiger partial charge on any atom is -0.332 e. The summed E-state index contributed by atoms with van der Waals surface area (Å²) in [7, 11) is 0. The number of halogens is 3. The Balaban J connectivity index is 2.01. The molecule has 132 valence electrons. The van der Waals surface area contributed by atoms with Crippen molar-refractivity contribution in [2.75, 3.05) is 10.6 Å². The van der Waals surface area contributed by atoms with Crippen LogP contribution in [-0.4, -0.2) is 19.9 Å². The van der Waals surface area contributed by atoms with Gasteiger partial charge in [0, 0.05) is 12.3 Å². The van der Waals surface area contributed by atoms with E-state index in [4.69, 9.17) is 11.6 Å². The van der Waals surface area contributed by atoms with Gasteiger partial charge in [0.15, 0.2) is 5.15 Å². The normalized spacial score (nSPS) is 10.4. The Morgan fingerprint density at radius 1 is 1.04 bits per heavy atom. The molecule has 8 nitrogen and oxygen atoms in total. The number of hydrogen-bond acceptors (Lipinski definition) is 7. The molecule has 0 radical (unpaired) electrons. The molecular formula is C15H9ClF2N6O2. The molecule has 0 bridgehead atoms. The molecule has 0 aliphatic carbocycles. The maximum absolute atomic E-state index is 13.8. The standard InChI is InChI=1S/C15H9ClF2N6O2/c16-13-11(2-1-5-19-13)23-15-12(24(25)26)14(20-7-21-15)22-10-4-3-8(17)6-9(10)18/h1-7H,(H2,20,21,22,23). The van der Waals surface area contributed by atoms with Gasteiger partial charge in [-0.2, -0.15) is 0 Å². The van der Waals surface area contributed by atoms with Crippen molar-refractivity contribution in [3.63, 3.8) is 0 Å². The highest BCUT2D eigenvalue weighted by atomic mass is 35.5. The van der Waals surface area contributed by atoms with E-state index in [0.29, 0.717) is 6.07 Å². The minimum atomic E-state index is -0.928. The summed E-state index contributed by atoms with van der Waals surface area (Å²) in [6.07, 6.45) is 2.50. The molecule has 2 N–H and O–H groups in total. The maximum Gasteiger partial charge on any atom is 0.353 e. The van der Waals surface area contributed by atoms with Gasteiger partial charge < -0.3 is 10.6 Å². The van der Waals surface area contributed by atoms with E-state index >= 15 is 0 Å². The van der Waals surface area contributed by atoms with Crippen LogP contribution >= 0.6 is 11.6 Å². The Morgan fingerprint density at radius 3 is 2.35 bits per heavy atom. The quantitative estimate of drug-likeness (QED) is 0.389. The third-order valence-electron chi connectivity index (χ3n) is 3.20. The molecule has 0 fully saturated rings. The first-order chi connectivity index (χ1) is 12.5. The minimum absolute atomic E-state index is 0.0829. The summed E-state index contributed by atoms with van der Waals surface area (Å²) >= 11 is 5.92. The van der Waals surface area contributed by atoms with Crippen molar-refractivity contribution >= 4 is 40.3 Å². The summed E-state index contributed by atoms with van der Waals surface area (Å²) in [6, 6.07) is 5.88. The average molecular weight is 379 g/mol. The van der Waals surface area contributed by atoms with Crippen LogP contribution in [0.15, 0.2) is 42.9 Å². The van der Waals surface area contributed by atoms with Crippen LogP contribution in [0.25, 0.3) is 0 Å². The molecule has 0 aliphatic rings. The van der Waals surface area contributed by atoms with E-state index in [1.54, 1.807) is 12.1 Å². The Kier molecular flexibility index (Phi) is 4.85. The second-order valence-corrected chi connectivity index (χ2v) is 5.25. The molecule has 3 rings (SSSR count). The monoisotopic (exact) mass is 378 g/mol. The summed E-state index contributed by atoms with van der Waals surface area (Å²) in [5, 5.41) is 16.7. The highest BCUT2D eigenvalue weighted by Gasteiger charge is 2.24. The molecule has 0 saturated heterocycles. The molecule has 2 heterocycles. The predicted molar refractivity (Wildman–Crippen MR) is 90.9 cm³/mol. The van der Waals surface area contributed by atoms with Crippen molar-refractivity contribution in [3.05, 3.63) is 69.8 Å². The van der Waals surface area contributed by atoms with Crippen molar-refractivity contribution in [2.24, 2.45) is 0 Å². The van der Waals surface area contributed by atoms with E-state index in [1.807, 2.05) is 0 Å². The molecule has 0 atom stereocenters. The third kappa shape index (κ3) is 3.64. The van der Waals surface area contributed by atoms with E-state index in [-0.39, 0.29) is 28.2 Å². The summed E-state index contributed by atoms with van der Waals surface area (Å²) in [4.78, 5) is 22.2. The van der Waals surface area contributed by atoms with Crippen LogP contribution in [0.4, 0.5) is 37.5 Å². The molecule has 1 aromatic carbocycles. The fourth-order valence-corrected chi connectivity index (χ4v) is 2.23. The van der Waals surface area contributed by atoms with E-state index in [0.717, 1.165) is 18.5 Å². The van der Waals surface area contributed by atoms with Gasteiger partial charge in [-0.25, -0.2) is 23.7 Å². The van der Waals surface area contributed by atoms with Crippen molar-refractivity contribution in [1.29, 1.82) is 0 Å². The summed E-state index contributed by atoms with van der Waals surface area (Å²) in [5.74, 6) is -2.16. The molecule has 0 aliphatic heterocycles. The van der Waals surface area contributed by atoms with Crippen molar-refractivity contribution in [2.45, 2.75) is 0 Å². The third-order valence-corrected chi connectivity index (χ3v) is 3.50. The number of nitrogens with one attached hydrogen (secondary N) is 2. The first kappa shape index (κ1) is 17.4. The highest BCUT2D eigenvalue weighted by molar-refractivity contribution is 6.32. The first-order valence-corrected chi connectivity index (χ1v) is 7.42. The highest BCUT2D eigenvalue weighted by Crippen LogP contribution is 2.34. The van der Waals surface area contributed by atoms with Gasteiger partial charge in [0.1, 0.15) is 18.0 Å². The van der Waals surface area contributed by atoms with E-state index in [1.165, 1.54) is 6.20 Å². The van der Waals surface area contributed by atoms with Gasteiger partial charge in [-0.1, -0.05) is 11.6 Å². The van der Waals surface area contributed by atoms with Crippen LogP contribution in [0.1, 0.15) is 0 Å². The molecule has 11 heteroatoms. The summed E-state index contributed by atoms with van der Waals surface area (Å²) in [6.45, 7) is 0. The molecule has 2 aromatic heterocycles. The largest absolute Gasteiger partial charge is 0.353 e. The maximum atomic E-state index is 13.8. The van der Waals surface area contributed by atoms with Crippen molar-refractivity contribution in [1.82, 2.24) is 15.0 Å². The van der Waals surface area contributed by atoms with E-state index < -0.39 is 22.2 Å². The van der Waals surface area contributed by atoms with Crippen LogP contribution in [0.5, 0.6) is 0 Å². The number of benzene rings is 1. The average Bonchev–Trinajstić information content (AvgIpc) is 2.59. The van der Waals surface area contributed by atoms with Gasteiger partial charge in [0.05, 0.1) is 16.3 Å². The van der Waals surface area contributed by atoms with Gasteiger partial charge in [-0.05, 0) is 24.3 Å². The van der Waals surface area contributed by atoms with E-state index in [2.05, 4.69) is 25.6 Å². The van der Waals surface area contributed by atoms with Crippen LogP contribution < -0.4 is 10.6 Å². The van der Waals surface area contributed by atoms with Crippen molar-refractivity contribution < 1.29 is 13.7 Å². The molecule has 3 aromatic rings. The Labute approximate surface area is 150 Å². The lowest BCUT2D eigenvalue weighted by molar-refractivity contribution is -0.383. The van der Waals surface area contributed by atoms with Gasteiger partial charge in [0.25, 0.3) is 0 Å². The van der Waals surface area contributed by atoms with Gasteiger partial charge in [0.2, 0.25) is 11.6 Å². The van der Waals surface area contributed by atoms with Crippen LogP contribution in [-0.2, 0) is 0 Å². The molecule has 0 unspecified atom stereocenters. The van der Waals surface area contributed by atoms with Crippen LogP contribution in [0, 0.1) is 21.7 Å². The zero-order valence-electron chi connectivity index (χ0n) is 12.8. The molecule has 0 saturated carbocycles. The topological polar surface area (TPSA) is 106 Å². The Bertz CT molecular complexity index is 988. The van der Waals surface area contributed by atoms with Gasteiger partial charge in [-0.15, -0.1) is 0 Å². The van der Waals surface area contributed by atoms with Crippen LogP contribution in [0.2, 0.25) is 5.15 Å². The lowest BCUT2D eigenvalue weighted by atomic mass is 10.3. The number of nitrogens with zero attached hydrogens (tertiary/aromatic N) is 4. The van der Waals surface area contributed by atoms with E-state index in [9.17, 15) is 18.9 Å². The number of hydrogen-bond donors (Lipinski definition) is 2. The summed E-state index contributed by atoms with van der Waals surface area (Å²) in [5.41, 5.74) is -0.440. The number of pyridine rings is 1. The fraction of sp³-hybridized carbons (Fsp3) is 0. The molecule has 26 heavy (non-hydrogen) atoms. The Morgan fingerprint density at radius 2 is 1.73 bits per heavy atom. The molecule has 0 amide bonds. The SMILES string of the molecule is O=[N+]([O-])c1c(Nc2ccc(F)cc2F)ncnc1Nc1cccnc1Cl. The van der Waals surface area contributed by atoms with Crippen LogP contribution in [0.3, 0.4) is 0 Å². The zero-order valence-corrected chi connectivity index (χ0v) is 13.5. The lowest BCUT2D eigenvalue weighted by Crippen LogP contribution is -2.06. The predicted octanol–water partition coefficient (Wildman–Crippen LogP) is 4.20. The second kappa shape index (κ2) is 7.23. The lowest BCUT2D eigenvalue weighted by Gasteiger charge is -2.11. The molecular weight excluding hydrogens is 370 g/mol. The number of rotatable bonds is 5. The van der Waals surface area contributed by atoms with Crippen molar-refractivity contribution in [3.8, 4) is 0 Å². The van der Waals surface area contributed by atoms with Gasteiger partial charge in [-0.3, -0.25) is 10.1 Å². The number of anilines is 4. The number of aromatic nitrogens is 3. The smallest absolute Gasteiger partial charge is 0.332 e. The number of nitro groups is 1. The summed E-state index contributed by atoms with van der Waals surface area (Å²) < 4.78 is 26.8. The Hall–Kier alpha value is -3.40. The molecule has 0 spiro atoms. The van der Waals surface area contributed by atoms with Gasteiger partial charge >= 0.3 is 5.69 Å². The second-order valence-electron chi connectivity index (χ2n) is 4.89.